The molecule has 0 radical (unpaired) electrons. The number of hydrogen-bond donors (Lipinski definition) is 0. The highest BCUT2D eigenvalue weighted by Gasteiger charge is 2.44. The van der Waals surface area contributed by atoms with Crippen molar-refractivity contribution < 1.29 is 9.72 Å². The van der Waals surface area contributed by atoms with Gasteiger partial charge in [-0.3, -0.25) is 15.0 Å². The van der Waals surface area contributed by atoms with Crippen molar-refractivity contribution >= 4 is 17.4 Å². The molecule has 0 saturated carbocycles. The first-order valence-electron chi connectivity index (χ1n) is 6.94. The van der Waals surface area contributed by atoms with E-state index in [0.717, 1.165) is 31.5 Å². The Morgan fingerprint density at radius 3 is 2.55 bits per heavy atom. The molecular formula is C14H17N3O3. The van der Waals surface area contributed by atoms with E-state index in [0.29, 0.717) is 0 Å². The van der Waals surface area contributed by atoms with Crippen LogP contribution in [0.2, 0.25) is 0 Å². The van der Waals surface area contributed by atoms with E-state index in [1.165, 1.54) is 12.1 Å². The number of nitro benzene ring substituents is 1. The molecule has 6 heteroatoms. The third-order valence-electron chi connectivity index (χ3n) is 4.30. The molecule has 0 aliphatic carbocycles. The summed E-state index contributed by atoms with van der Waals surface area (Å²) < 4.78 is 0. The second-order valence-corrected chi connectivity index (χ2v) is 5.42. The molecule has 2 saturated heterocycles. The van der Waals surface area contributed by atoms with Crippen LogP contribution in [0.4, 0.5) is 16.2 Å². The maximum atomic E-state index is 12.5. The summed E-state index contributed by atoms with van der Waals surface area (Å²) >= 11 is 0. The molecular weight excluding hydrogens is 258 g/mol. The molecule has 3 rings (SSSR count). The number of rotatable bonds is 2. The largest absolute Gasteiger partial charge is 0.325 e. The molecule has 1 aromatic rings. The van der Waals surface area contributed by atoms with E-state index in [2.05, 4.69) is 6.92 Å². The van der Waals surface area contributed by atoms with Crippen LogP contribution >= 0.6 is 0 Å². The van der Waals surface area contributed by atoms with E-state index in [9.17, 15) is 14.9 Å². The van der Waals surface area contributed by atoms with E-state index in [1.807, 2.05) is 4.90 Å². The summed E-state index contributed by atoms with van der Waals surface area (Å²) in [6, 6.07) is 6.63. The van der Waals surface area contributed by atoms with Crippen LogP contribution in [0.25, 0.3) is 0 Å². The fraction of sp³-hybridized carbons (Fsp3) is 0.500. The number of nitro groups is 1. The number of carbonyl (C=O) groups is 1. The van der Waals surface area contributed by atoms with Gasteiger partial charge < -0.3 is 4.90 Å². The second kappa shape index (κ2) is 4.77. The molecule has 106 valence electrons. The van der Waals surface area contributed by atoms with Crippen LogP contribution in [-0.2, 0) is 0 Å². The molecule has 1 aromatic carbocycles. The number of fused-ring (bicyclic) bond motifs is 1. The summed E-state index contributed by atoms with van der Waals surface area (Å²) in [5.41, 5.74) is 0.785. The monoisotopic (exact) mass is 275 g/mol. The number of hydrogen-bond acceptors (Lipinski definition) is 3. The molecule has 0 bridgehead atoms. The number of piperidine rings is 1. The second-order valence-electron chi connectivity index (χ2n) is 5.42. The van der Waals surface area contributed by atoms with Gasteiger partial charge in [-0.25, -0.2) is 4.79 Å². The minimum absolute atomic E-state index is 0.0241. The topological polar surface area (TPSA) is 66.7 Å². The van der Waals surface area contributed by atoms with Gasteiger partial charge in [-0.05, 0) is 38.3 Å². The van der Waals surface area contributed by atoms with Gasteiger partial charge >= 0.3 is 6.03 Å². The van der Waals surface area contributed by atoms with E-state index < -0.39 is 4.92 Å². The standard InChI is InChI=1S/C14H17N3O3/c1-10-13-4-2-3-9-15(13)14(18)16(10)11-5-7-12(8-6-11)17(19)20/h5-8,10,13H,2-4,9H2,1H3/t10-,13-/m0/s1. The molecule has 20 heavy (non-hydrogen) atoms. The number of anilines is 1. The van der Waals surface area contributed by atoms with Gasteiger partial charge in [0, 0.05) is 24.4 Å². The zero-order chi connectivity index (χ0) is 14.3. The fourth-order valence-corrected chi connectivity index (χ4v) is 3.26. The molecule has 0 aromatic heterocycles. The number of benzene rings is 1. The molecule has 6 nitrogen and oxygen atoms in total. The number of non-ortho nitro benzene ring substituents is 1. The average Bonchev–Trinajstić information content (AvgIpc) is 2.72. The lowest BCUT2D eigenvalue weighted by Gasteiger charge is -2.29. The van der Waals surface area contributed by atoms with Gasteiger partial charge in [0.2, 0.25) is 0 Å². The Hall–Kier alpha value is -2.11. The number of carbonyl (C=O) groups excluding carboxylic acids is 1. The summed E-state index contributed by atoms with van der Waals surface area (Å²) in [7, 11) is 0. The van der Waals surface area contributed by atoms with Crippen LogP contribution in [0.3, 0.4) is 0 Å². The highest BCUT2D eigenvalue weighted by Crippen LogP contribution is 2.34. The number of urea groups is 1. The van der Waals surface area contributed by atoms with Crippen LogP contribution in [0, 0.1) is 10.1 Å². The highest BCUT2D eigenvalue weighted by molar-refractivity contribution is 5.95. The van der Waals surface area contributed by atoms with Crippen molar-refractivity contribution in [2.24, 2.45) is 0 Å². The molecule has 0 unspecified atom stereocenters. The Morgan fingerprint density at radius 2 is 1.95 bits per heavy atom. The molecule has 2 amide bonds. The summed E-state index contributed by atoms with van der Waals surface area (Å²) in [5, 5.41) is 10.7. The lowest BCUT2D eigenvalue weighted by atomic mass is 9.98. The van der Waals surface area contributed by atoms with Crippen molar-refractivity contribution in [3.63, 3.8) is 0 Å². The Kier molecular flexibility index (Phi) is 3.08. The first kappa shape index (κ1) is 12.9. The van der Waals surface area contributed by atoms with Gasteiger partial charge in [0.15, 0.2) is 0 Å². The van der Waals surface area contributed by atoms with Crippen molar-refractivity contribution in [2.45, 2.75) is 38.3 Å². The highest BCUT2D eigenvalue weighted by atomic mass is 16.6. The quantitative estimate of drug-likeness (QED) is 0.615. The Balaban J connectivity index is 1.89. The number of amides is 2. The Bertz CT molecular complexity index is 543. The van der Waals surface area contributed by atoms with Crippen LogP contribution in [0.15, 0.2) is 24.3 Å². The first-order valence-corrected chi connectivity index (χ1v) is 6.94. The first-order chi connectivity index (χ1) is 9.59. The van der Waals surface area contributed by atoms with Gasteiger partial charge in [0.25, 0.3) is 5.69 Å². The van der Waals surface area contributed by atoms with Gasteiger partial charge in [-0.1, -0.05) is 0 Å². The normalized spacial score (nSPS) is 25.8. The van der Waals surface area contributed by atoms with Crippen molar-refractivity contribution in [1.29, 1.82) is 0 Å². The maximum Gasteiger partial charge on any atom is 0.325 e. The van der Waals surface area contributed by atoms with Gasteiger partial charge in [-0.15, -0.1) is 0 Å². The van der Waals surface area contributed by atoms with Gasteiger partial charge in [-0.2, -0.15) is 0 Å². The van der Waals surface area contributed by atoms with Crippen molar-refractivity contribution in [3.05, 3.63) is 34.4 Å². The molecule has 2 fully saturated rings. The number of nitrogens with zero attached hydrogens (tertiary/aromatic N) is 3. The van der Waals surface area contributed by atoms with E-state index in [4.69, 9.17) is 0 Å². The maximum absolute atomic E-state index is 12.5. The van der Waals surface area contributed by atoms with Crippen LogP contribution in [0.1, 0.15) is 26.2 Å². The van der Waals surface area contributed by atoms with Crippen LogP contribution in [-0.4, -0.2) is 34.5 Å². The van der Waals surface area contributed by atoms with Crippen LogP contribution in [0.5, 0.6) is 0 Å². The van der Waals surface area contributed by atoms with E-state index >= 15 is 0 Å². The molecule has 0 spiro atoms. The van der Waals surface area contributed by atoms with Crippen molar-refractivity contribution in [2.75, 3.05) is 11.4 Å². The summed E-state index contributed by atoms with van der Waals surface area (Å²) in [6.07, 6.45) is 3.26. The Labute approximate surface area is 117 Å². The zero-order valence-corrected chi connectivity index (χ0v) is 11.4. The summed E-state index contributed by atoms with van der Waals surface area (Å²) in [4.78, 5) is 26.4. The lowest BCUT2D eigenvalue weighted by Crippen LogP contribution is -2.39. The molecule has 2 aliphatic rings. The minimum Gasteiger partial charge on any atom is -0.319 e. The average molecular weight is 275 g/mol. The van der Waals surface area contributed by atoms with Crippen molar-refractivity contribution in [1.82, 2.24) is 4.90 Å². The predicted molar refractivity (Wildman–Crippen MR) is 74.8 cm³/mol. The van der Waals surface area contributed by atoms with Crippen LogP contribution < -0.4 is 4.90 Å². The summed E-state index contributed by atoms with van der Waals surface area (Å²) in [5.74, 6) is 0. The van der Waals surface area contributed by atoms with E-state index in [-0.39, 0.29) is 23.8 Å². The third kappa shape index (κ3) is 1.92. The lowest BCUT2D eigenvalue weighted by molar-refractivity contribution is -0.384. The smallest absolute Gasteiger partial charge is 0.319 e. The summed E-state index contributed by atoms with van der Waals surface area (Å²) in [6.45, 7) is 2.87. The third-order valence-corrected chi connectivity index (χ3v) is 4.30. The SMILES string of the molecule is C[C@H]1[C@@H]2CCCCN2C(=O)N1c1ccc([N+](=O)[O-])cc1. The Morgan fingerprint density at radius 1 is 1.25 bits per heavy atom. The molecule has 2 heterocycles. The van der Waals surface area contributed by atoms with Crippen molar-refractivity contribution in [3.8, 4) is 0 Å². The van der Waals surface area contributed by atoms with Gasteiger partial charge in [0.05, 0.1) is 17.0 Å². The molecule has 2 atom stereocenters. The van der Waals surface area contributed by atoms with Gasteiger partial charge in [0.1, 0.15) is 0 Å². The molecule has 2 aliphatic heterocycles. The fourth-order valence-electron chi connectivity index (χ4n) is 3.26. The predicted octanol–water partition coefficient (Wildman–Crippen LogP) is 2.78. The van der Waals surface area contributed by atoms with E-state index in [1.54, 1.807) is 17.0 Å². The minimum atomic E-state index is -0.428. The zero-order valence-electron chi connectivity index (χ0n) is 11.4. The molecule has 0 N–H and O–H groups in total.